The van der Waals surface area contributed by atoms with Crippen LogP contribution in [-0.2, 0) is 26.1 Å². The van der Waals surface area contributed by atoms with Crippen LogP contribution in [0.4, 0.5) is 0 Å². The van der Waals surface area contributed by atoms with Gasteiger partial charge in [0.15, 0.2) is 0 Å². The highest BCUT2D eigenvalue weighted by Gasteiger charge is 2.24. The van der Waals surface area contributed by atoms with Crippen molar-refractivity contribution in [3.05, 3.63) is 54.1 Å². The Labute approximate surface area is 175 Å². The van der Waals surface area contributed by atoms with Gasteiger partial charge in [-0.1, -0.05) is 35.5 Å². The molecule has 0 spiro atoms. The van der Waals surface area contributed by atoms with Gasteiger partial charge in [-0.3, -0.25) is 4.79 Å². The molecule has 1 N–H and O–H groups in total. The van der Waals surface area contributed by atoms with E-state index in [1.54, 1.807) is 17.9 Å². The van der Waals surface area contributed by atoms with Crippen molar-refractivity contribution in [2.24, 2.45) is 0 Å². The molecule has 30 heavy (non-hydrogen) atoms. The van der Waals surface area contributed by atoms with Crippen LogP contribution < -0.4 is 5.32 Å². The van der Waals surface area contributed by atoms with Crippen LogP contribution >= 0.6 is 0 Å². The van der Waals surface area contributed by atoms with Gasteiger partial charge in [0.2, 0.25) is 15.9 Å². The first-order valence-corrected chi connectivity index (χ1v) is 10.9. The standard InChI is InChI=1S/C20H25N5O4S/c1-15(16-7-5-4-6-8-16)21-20(26)14-24(2)30(27,28)17-9-10-19-18(13-17)22-23-25(19)11-12-29-3/h4-10,13,15H,11-12,14H2,1-3H3,(H,21,26)/t15-/m0/s1. The normalized spacial score (nSPS) is 12.9. The number of nitrogens with zero attached hydrogens (tertiary/aromatic N) is 4. The second-order valence-corrected chi connectivity index (χ2v) is 8.96. The molecule has 3 aromatic rings. The Kier molecular flexibility index (Phi) is 6.80. The van der Waals surface area contributed by atoms with Crippen molar-refractivity contribution in [3.63, 3.8) is 0 Å². The summed E-state index contributed by atoms with van der Waals surface area (Å²) in [5.41, 5.74) is 2.11. The van der Waals surface area contributed by atoms with Crippen LogP contribution in [0.5, 0.6) is 0 Å². The zero-order chi connectivity index (χ0) is 21.7. The largest absolute Gasteiger partial charge is 0.383 e. The first kappa shape index (κ1) is 21.9. The zero-order valence-corrected chi connectivity index (χ0v) is 18.0. The summed E-state index contributed by atoms with van der Waals surface area (Å²) in [6, 6.07) is 13.9. The molecule has 0 aliphatic rings. The monoisotopic (exact) mass is 431 g/mol. The van der Waals surface area contributed by atoms with Gasteiger partial charge in [-0.15, -0.1) is 5.10 Å². The molecule has 0 bridgehead atoms. The number of amides is 1. The highest BCUT2D eigenvalue weighted by Crippen LogP contribution is 2.20. The predicted molar refractivity (Wildman–Crippen MR) is 112 cm³/mol. The summed E-state index contributed by atoms with van der Waals surface area (Å²) in [6.45, 7) is 2.54. The molecule has 1 atom stereocenters. The number of nitrogens with one attached hydrogen (secondary N) is 1. The van der Waals surface area contributed by atoms with Gasteiger partial charge in [-0.2, -0.15) is 4.31 Å². The van der Waals surface area contributed by atoms with Crippen molar-refractivity contribution in [1.82, 2.24) is 24.6 Å². The average molecular weight is 432 g/mol. The number of fused-ring (bicyclic) bond motifs is 1. The van der Waals surface area contributed by atoms with E-state index in [2.05, 4.69) is 15.6 Å². The minimum atomic E-state index is -3.86. The van der Waals surface area contributed by atoms with Crippen LogP contribution in [0.25, 0.3) is 11.0 Å². The molecule has 1 amide bonds. The molecule has 0 saturated heterocycles. The lowest BCUT2D eigenvalue weighted by Crippen LogP contribution is -2.39. The van der Waals surface area contributed by atoms with Gasteiger partial charge in [0.05, 0.1) is 36.2 Å². The lowest BCUT2D eigenvalue weighted by molar-refractivity contribution is -0.121. The van der Waals surface area contributed by atoms with E-state index in [4.69, 9.17) is 4.74 Å². The zero-order valence-electron chi connectivity index (χ0n) is 17.1. The number of benzene rings is 2. The fourth-order valence-corrected chi connectivity index (χ4v) is 4.18. The maximum atomic E-state index is 12.9. The van der Waals surface area contributed by atoms with Crippen LogP contribution in [-0.4, -0.2) is 60.9 Å². The fourth-order valence-electron chi connectivity index (χ4n) is 3.03. The molecule has 0 saturated carbocycles. The number of likely N-dealkylation sites (N-methyl/N-ethyl adjacent to an activating group) is 1. The van der Waals surface area contributed by atoms with Crippen LogP contribution in [0, 0.1) is 0 Å². The Morgan fingerprint density at radius 3 is 2.67 bits per heavy atom. The van der Waals surface area contributed by atoms with E-state index >= 15 is 0 Å². The minimum absolute atomic E-state index is 0.0557. The van der Waals surface area contributed by atoms with E-state index in [9.17, 15) is 13.2 Å². The van der Waals surface area contributed by atoms with Crippen molar-refractivity contribution in [1.29, 1.82) is 0 Å². The molecule has 2 aromatic carbocycles. The highest BCUT2D eigenvalue weighted by atomic mass is 32.2. The van der Waals surface area contributed by atoms with Crippen LogP contribution in [0.2, 0.25) is 0 Å². The summed E-state index contributed by atoms with van der Waals surface area (Å²) in [5.74, 6) is -0.385. The summed E-state index contributed by atoms with van der Waals surface area (Å²) in [5, 5.41) is 10.9. The van der Waals surface area contributed by atoms with Crippen molar-refractivity contribution in [2.75, 3.05) is 27.3 Å². The fraction of sp³-hybridized carbons (Fsp3) is 0.350. The van der Waals surface area contributed by atoms with E-state index in [0.29, 0.717) is 24.2 Å². The molecule has 9 nitrogen and oxygen atoms in total. The Bertz CT molecular complexity index is 1110. The number of hydrogen-bond acceptors (Lipinski definition) is 6. The Balaban J connectivity index is 1.70. The van der Waals surface area contributed by atoms with E-state index < -0.39 is 10.0 Å². The number of aromatic nitrogens is 3. The lowest BCUT2D eigenvalue weighted by Gasteiger charge is -2.19. The molecule has 0 unspecified atom stereocenters. The van der Waals surface area contributed by atoms with Crippen LogP contribution in [0.15, 0.2) is 53.4 Å². The molecule has 10 heteroatoms. The summed E-state index contributed by atoms with van der Waals surface area (Å²) in [6.07, 6.45) is 0. The number of hydrogen-bond donors (Lipinski definition) is 1. The first-order valence-electron chi connectivity index (χ1n) is 9.45. The quantitative estimate of drug-likeness (QED) is 0.551. The number of sulfonamides is 1. The highest BCUT2D eigenvalue weighted by molar-refractivity contribution is 7.89. The maximum Gasteiger partial charge on any atom is 0.243 e. The van der Waals surface area contributed by atoms with Gasteiger partial charge in [0.1, 0.15) is 5.52 Å². The molecule has 1 aromatic heterocycles. The number of carbonyl (C=O) groups is 1. The van der Waals surface area contributed by atoms with Gasteiger partial charge in [0, 0.05) is 14.2 Å². The van der Waals surface area contributed by atoms with Crippen molar-refractivity contribution in [3.8, 4) is 0 Å². The number of rotatable bonds is 9. The van der Waals surface area contributed by atoms with Gasteiger partial charge in [-0.25, -0.2) is 13.1 Å². The van der Waals surface area contributed by atoms with Gasteiger partial charge >= 0.3 is 0 Å². The molecule has 3 rings (SSSR count). The molecular formula is C20H25N5O4S. The third-order valence-electron chi connectivity index (χ3n) is 4.74. The Hall–Kier alpha value is -2.82. The lowest BCUT2D eigenvalue weighted by atomic mass is 10.1. The van der Waals surface area contributed by atoms with E-state index in [1.165, 1.54) is 19.2 Å². The molecule has 1 heterocycles. The SMILES string of the molecule is COCCn1nnc2cc(S(=O)(=O)N(C)CC(=O)N[C@@H](C)c3ccccc3)ccc21. The molecule has 160 valence electrons. The molecule has 0 radical (unpaired) electrons. The van der Waals surface area contributed by atoms with Gasteiger partial charge in [-0.05, 0) is 30.7 Å². The number of ether oxygens (including phenoxy) is 1. The topological polar surface area (TPSA) is 106 Å². The Morgan fingerprint density at radius 1 is 1.23 bits per heavy atom. The van der Waals surface area contributed by atoms with Crippen LogP contribution in [0.1, 0.15) is 18.5 Å². The van der Waals surface area contributed by atoms with E-state index in [1.807, 2.05) is 37.3 Å². The van der Waals surface area contributed by atoms with E-state index in [0.717, 1.165) is 9.87 Å². The molecular weight excluding hydrogens is 406 g/mol. The van der Waals surface area contributed by atoms with Gasteiger partial charge < -0.3 is 10.1 Å². The van der Waals surface area contributed by atoms with Crippen molar-refractivity contribution in [2.45, 2.75) is 24.4 Å². The van der Waals surface area contributed by atoms with Crippen molar-refractivity contribution >= 4 is 27.0 Å². The second-order valence-electron chi connectivity index (χ2n) is 6.92. The predicted octanol–water partition coefficient (Wildman–Crippen LogP) is 1.58. The minimum Gasteiger partial charge on any atom is -0.383 e. The summed E-state index contributed by atoms with van der Waals surface area (Å²) in [7, 11) is -0.892. The number of methoxy groups -OCH3 is 1. The van der Waals surface area contributed by atoms with Crippen LogP contribution in [0.3, 0.4) is 0 Å². The summed E-state index contributed by atoms with van der Waals surface area (Å²) in [4.78, 5) is 12.4. The summed E-state index contributed by atoms with van der Waals surface area (Å²) < 4.78 is 33.5. The number of carbonyl (C=O) groups excluding carboxylic acids is 1. The smallest absolute Gasteiger partial charge is 0.243 e. The molecule has 0 aliphatic carbocycles. The van der Waals surface area contributed by atoms with Gasteiger partial charge in [0.25, 0.3) is 0 Å². The Morgan fingerprint density at radius 2 is 1.97 bits per heavy atom. The second kappa shape index (κ2) is 9.33. The van der Waals surface area contributed by atoms with Crippen molar-refractivity contribution < 1.29 is 17.9 Å². The first-order chi connectivity index (χ1) is 14.3. The molecule has 0 fully saturated rings. The summed E-state index contributed by atoms with van der Waals surface area (Å²) >= 11 is 0. The third kappa shape index (κ3) is 4.84. The molecule has 0 aliphatic heterocycles. The third-order valence-corrected chi connectivity index (χ3v) is 6.54. The maximum absolute atomic E-state index is 12.9. The average Bonchev–Trinajstić information content (AvgIpc) is 3.14. The van der Waals surface area contributed by atoms with E-state index in [-0.39, 0.29) is 23.4 Å².